The van der Waals surface area contributed by atoms with Gasteiger partial charge in [-0.3, -0.25) is 0 Å². The molecule has 0 radical (unpaired) electrons. The largest absolute Gasteiger partial charge is 0.476 e. The molecule has 0 unspecified atom stereocenters. The Morgan fingerprint density at radius 3 is 2.32 bits per heavy atom. The topological polar surface area (TPSA) is 35.5 Å². The fourth-order valence-corrected chi connectivity index (χ4v) is 4.28. The quantitative estimate of drug-likeness (QED) is 0.449. The molecule has 25 heavy (non-hydrogen) atoms. The molecule has 0 bridgehead atoms. The number of esters is 1. The molecule has 0 saturated heterocycles. The predicted molar refractivity (Wildman–Crippen MR) is 105 cm³/mol. The molecule has 3 nitrogen and oxygen atoms in total. The Hall–Kier alpha value is -1.59. The number of carbonyl (C=O) groups excluding carboxylic acids is 1. The number of hydrogen-bond acceptors (Lipinski definition) is 5. The SMILES string of the molecule is CCOC(=O)C(C)(C)Oc1ccc(SSc2cccc(C)c2)cc1C. The van der Waals surface area contributed by atoms with Gasteiger partial charge < -0.3 is 9.47 Å². The van der Waals surface area contributed by atoms with Crippen molar-refractivity contribution in [2.75, 3.05) is 6.61 Å². The van der Waals surface area contributed by atoms with Crippen molar-refractivity contribution in [3.63, 3.8) is 0 Å². The van der Waals surface area contributed by atoms with E-state index in [0.29, 0.717) is 12.4 Å². The lowest BCUT2D eigenvalue weighted by Crippen LogP contribution is -2.39. The van der Waals surface area contributed by atoms with Crippen molar-refractivity contribution in [1.82, 2.24) is 0 Å². The summed E-state index contributed by atoms with van der Waals surface area (Å²) in [6, 6.07) is 14.4. The van der Waals surface area contributed by atoms with Crippen molar-refractivity contribution < 1.29 is 14.3 Å². The molecule has 134 valence electrons. The van der Waals surface area contributed by atoms with Crippen LogP contribution in [0.1, 0.15) is 31.9 Å². The predicted octanol–water partition coefficient (Wildman–Crippen LogP) is 5.82. The van der Waals surface area contributed by atoms with E-state index in [1.807, 2.05) is 19.1 Å². The average Bonchev–Trinajstić information content (AvgIpc) is 2.55. The fraction of sp³-hybridized carbons (Fsp3) is 0.350. The monoisotopic (exact) mass is 376 g/mol. The van der Waals surface area contributed by atoms with Crippen molar-refractivity contribution >= 4 is 27.6 Å². The molecule has 0 atom stereocenters. The van der Waals surface area contributed by atoms with E-state index in [1.165, 1.54) is 10.5 Å². The lowest BCUT2D eigenvalue weighted by molar-refractivity contribution is -0.158. The van der Waals surface area contributed by atoms with Gasteiger partial charge in [-0.1, -0.05) is 33.7 Å². The van der Waals surface area contributed by atoms with Crippen LogP contribution in [0.2, 0.25) is 0 Å². The Morgan fingerprint density at radius 1 is 1.04 bits per heavy atom. The minimum absolute atomic E-state index is 0.344. The highest BCUT2D eigenvalue weighted by molar-refractivity contribution is 8.76. The summed E-state index contributed by atoms with van der Waals surface area (Å²) in [5.41, 5.74) is 1.24. The number of carbonyl (C=O) groups is 1. The summed E-state index contributed by atoms with van der Waals surface area (Å²) in [4.78, 5) is 14.4. The summed E-state index contributed by atoms with van der Waals surface area (Å²) in [5.74, 6) is 0.339. The molecule has 2 rings (SSSR count). The molecule has 0 heterocycles. The zero-order chi connectivity index (χ0) is 18.4. The van der Waals surface area contributed by atoms with E-state index in [-0.39, 0.29) is 5.97 Å². The number of ether oxygens (including phenoxy) is 2. The van der Waals surface area contributed by atoms with Crippen molar-refractivity contribution in [3.05, 3.63) is 53.6 Å². The summed E-state index contributed by atoms with van der Waals surface area (Å²) >= 11 is 0. The normalized spacial score (nSPS) is 11.2. The Kier molecular flexibility index (Phi) is 6.85. The number of benzene rings is 2. The Bertz CT molecular complexity index is 741. The van der Waals surface area contributed by atoms with Crippen LogP contribution in [0.4, 0.5) is 0 Å². The van der Waals surface area contributed by atoms with Gasteiger partial charge in [0.2, 0.25) is 0 Å². The van der Waals surface area contributed by atoms with Crippen LogP contribution >= 0.6 is 21.6 Å². The van der Waals surface area contributed by atoms with Crippen molar-refractivity contribution in [2.45, 2.75) is 50.0 Å². The second-order valence-electron chi connectivity index (χ2n) is 6.24. The van der Waals surface area contributed by atoms with Crippen molar-refractivity contribution in [1.29, 1.82) is 0 Å². The lowest BCUT2D eigenvalue weighted by atomic mass is 10.1. The maximum absolute atomic E-state index is 12.0. The second kappa shape index (κ2) is 8.68. The molecule has 0 aliphatic carbocycles. The summed E-state index contributed by atoms with van der Waals surface area (Å²) in [5, 5.41) is 0. The second-order valence-corrected chi connectivity index (χ2v) is 8.52. The standard InChI is InChI=1S/C20H24O3S2/c1-6-22-19(21)20(4,5)23-18-11-10-17(13-15(18)3)25-24-16-9-7-8-14(2)12-16/h7-13H,6H2,1-5H3. The van der Waals surface area contributed by atoms with Gasteiger partial charge >= 0.3 is 5.97 Å². The van der Waals surface area contributed by atoms with Gasteiger partial charge in [-0.15, -0.1) is 0 Å². The average molecular weight is 377 g/mol. The molecule has 0 aliphatic rings. The van der Waals surface area contributed by atoms with Crippen LogP contribution < -0.4 is 4.74 Å². The maximum Gasteiger partial charge on any atom is 0.349 e. The molecule has 0 N–H and O–H groups in total. The van der Waals surface area contributed by atoms with Crippen LogP contribution in [0.3, 0.4) is 0 Å². The highest BCUT2D eigenvalue weighted by Gasteiger charge is 2.32. The first-order chi connectivity index (χ1) is 11.8. The molecule has 0 spiro atoms. The van der Waals surface area contributed by atoms with Crippen LogP contribution in [0.25, 0.3) is 0 Å². The third kappa shape index (κ3) is 5.72. The molecule has 2 aromatic carbocycles. The van der Waals surface area contributed by atoms with Crippen LogP contribution in [0, 0.1) is 13.8 Å². The molecule has 0 amide bonds. The van der Waals surface area contributed by atoms with Gasteiger partial charge in [0.05, 0.1) is 6.61 Å². The Labute approximate surface area is 157 Å². The van der Waals surface area contributed by atoms with Crippen molar-refractivity contribution in [3.8, 4) is 5.75 Å². The highest BCUT2D eigenvalue weighted by Crippen LogP contribution is 2.39. The van der Waals surface area contributed by atoms with Gasteiger partial charge in [0.15, 0.2) is 5.60 Å². The molecule has 0 saturated carbocycles. The first kappa shape index (κ1) is 19.7. The summed E-state index contributed by atoms with van der Waals surface area (Å²) in [6.07, 6.45) is 0. The van der Waals surface area contributed by atoms with Gasteiger partial charge in [-0.25, -0.2) is 4.79 Å². The molecule has 0 aromatic heterocycles. The number of rotatable bonds is 7. The first-order valence-corrected chi connectivity index (χ1v) is 10.3. The Morgan fingerprint density at radius 2 is 1.72 bits per heavy atom. The van der Waals surface area contributed by atoms with E-state index in [4.69, 9.17) is 9.47 Å². The van der Waals surface area contributed by atoms with Crippen molar-refractivity contribution in [2.24, 2.45) is 0 Å². The molecular formula is C20H24O3S2. The summed E-state index contributed by atoms with van der Waals surface area (Å²) in [7, 11) is 3.44. The van der Waals surface area contributed by atoms with Crippen LogP contribution in [0.15, 0.2) is 52.3 Å². The molecule has 0 aliphatic heterocycles. The van der Waals surface area contributed by atoms with E-state index < -0.39 is 5.60 Å². The minimum atomic E-state index is -1.01. The number of hydrogen-bond donors (Lipinski definition) is 0. The first-order valence-electron chi connectivity index (χ1n) is 8.20. The maximum atomic E-state index is 12.0. The van der Waals surface area contributed by atoms with E-state index in [2.05, 4.69) is 37.3 Å². The van der Waals surface area contributed by atoms with Gasteiger partial charge in [-0.05, 0) is 76.1 Å². The summed E-state index contributed by atoms with van der Waals surface area (Å²) in [6.45, 7) is 9.66. The molecule has 0 fully saturated rings. The van der Waals surface area contributed by atoms with Crippen LogP contribution in [-0.2, 0) is 9.53 Å². The third-order valence-electron chi connectivity index (χ3n) is 3.50. The minimum Gasteiger partial charge on any atom is -0.476 e. The van der Waals surface area contributed by atoms with Gasteiger partial charge in [0.1, 0.15) is 5.75 Å². The van der Waals surface area contributed by atoms with E-state index in [0.717, 1.165) is 10.5 Å². The third-order valence-corrected chi connectivity index (χ3v) is 5.88. The molecule has 2 aromatic rings. The lowest BCUT2D eigenvalue weighted by Gasteiger charge is -2.25. The molecular weight excluding hydrogens is 352 g/mol. The van der Waals surface area contributed by atoms with Crippen LogP contribution in [-0.4, -0.2) is 18.2 Å². The van der Waals surface area contributed by atoms with Gasteiger partial charge in [0, 0.05) is 9.79 Å². The van der Waals surface area contributed by atoms with Gasteiger partial charge in [-0.2, -0.15) is 0 Å². The zero-order valence-corrected chi connectivity index (χ0v) is 16.9. The van der Waals surface area contributed by atoms with Crippen LogP contribution in [0.5, 0.6) is 5.75 Å². The van der Waals surface area contributed by atoms with E-state index in [9.17, 15) is 4.79 Å². The van der Waals surface area contributed by atoms with E-state index in [1.54, 1.807) is 42.4 Å². The molecule has 5 heteroatoms. The Balaban J connectivity index is 2.03. The smallest absolute Gasteiger partial charge is 0.349 e. The fourth-order valence-electron chi connectivity index (χ4n) is 2.17. The van der Waals surface area contributed by atoms with E-state index >= 15 is 0 Å². The number of aryl methyl sites for hydroxylation is 2. The van der Waals surface area contributed by atoms with Gasteiger partial charge in [0.25, 0.3) is 0 Å². The summed E-state index contributed by atoms with van der Waals surface area (Å²) < 4.78 is 11.0. The zero-order valence-electron chi connectivity index (χ0n) is 15.3. The highest BCUT2D eigenvalue weighted by atomic mass is 33.1.